The quantitative estimate of drug-likeness (QED) is 0.581. The lowest BCUT2D eigenvalue weighted by Gasteiger charge is -2.27. The summed E-state index contributed by atoms with van der Waals surface area (Å²) in [4.78, 5) is 2.06. The van der Waals surface area contributed by atoms with Crippen LogP contribution in [0.4, 0.5) is 13.2 Å². The Balaban J connectivity index is 2.23. The zero-order valence-corrected chi connectivity index (χ0v) is 9.61. The predicted octanol–water partition coefficient (Wildman–Crippen LogP) is 2.18. The minimum absolute atomic E-state index is 0.130. The molecule has 1 aliphatic rings. The highest BCUT2D eigenvalue weighted by molar-refractivity contribution is 5.12. The van der Waals surface area contributed by atoms with E-state index in [-0.39, 0.29) is 12.0 Å². The highest BCUT2D eigenvalue weighted by atomic mass is 19.4. The molecule has 0 fully saturated rings. The SMILES string of the molecule is CCNCCCN1CC=C(C(F)(F)F)CC1. The zero-order valence-electron chi connectivity index (χ0n) is 9.61. The molecule has 0 aliphatic carbocycles. The Morgan fingerprint density at radius 2 is 2.19 bits per heavy atom. The lowest BCUT2D eigenvalue weighted by molar-refractivity contribution is -0.0960. The predicted molar refractivity (Wildman–Crippen MR) is 58.4 cm³/mol. The summed E-state index contributed by atoms with van der Waals surface area (Å²) in [6, 6.07) is 0. The first-order valence-electron chi connectivity index (χ1n) is 5.73. The molecule has 1 rings (SSSR count). The summed E-state index contributed by atoms with van der Waals surface area (Å²) in [6.45, 7) is 5.74. The molecule has 1 aliphatic heterocycles. The molecule has 0 spiro atoms. The van der Waals surface area contributed by atoms with Gasteiger partial charge >= 0.3 is 6.18 Å². The van der Waals surface area contributed by atoms with Gasteiger partial charge in [0.15, 0.2) is 0 Å². The Kier molecular flexibility index (Phi) is 5.28. The van der Waals surface area contributed by atoms with Gasteiger partial charge in [-0.3, -0.25) is 4.90 Å². The van der Waals surface area contributed by atoms with Crippen molar-refractivity contribution < 1.29 is 13.2 Å². The molecule has 0 atom stereocenters. The Morgan fingerprint density at radius 1 is 1.44 bits per heavy atom. The Bertz CT molecular complexity index is 236. The largest absolute Gasteiger partial charge is 0.412 e. The van der Waals surface area contributed by atoms with Crippen LogP contribution in [0.5, 0.6) is 0 Å². The second kappa shape index (κ2) is 6.25. The molecule has 0 unspecified atom stereocenters. The standard InChI is InChI=1S/C11H19F3N2/c1-2-15-6-3-7-16-8-4-10(5-9-16)11(12,13)14/h4,15H,2-3,5-9H2,1H3. The van der Waals surface area contributed by atoms with Crippen molar-refractivity contribution in [3.63, 3.8) is 0 Å². The van der Waals surface area contributed by atoms with Crippen molar-refractivity contribution in [3.05, 3.63) is 11.6 Å². The molecule has 0 saturated heterocycles. The third-order valence-electron chi connectivity index (χ3n) is 2.74. The molecule has 0 aromatic carbocycles. The van der Waals surface area contributed by atoms with E-state index in [1.165, 1.54) is 6.08 Å². The van der Waals surface area contributed by atoms with Gasteiger partial charge in [-0.05, 0) is 32.5 Å². The van der Waals surface area contributed by atoms with Crippen LogP contribution in [-0.2, 0) is 0 Å². The summed E-state index contributed by atoms with van der Waals surface area (Å²) < 4.78 is 37.0. The molecular weight excluding hydrogens is 217 g/mol. The first-order valence-corrected chi connectivity index (χ1v) is 5.73. The van der Waals surface area contributed by atoms with Gasteiger partial charge in [0.05, 0.1) is 0 Å². The molecule has 94 valence electrons. The van der Waals surface area contributed by atoms with Crippen molar-refractivity contribution in [2.75, 3.05) is 32.7 Å². The maximum Gasteiger partial charge on any atom is 0.412 e. The molecule has 0 aromatic heterocycles. The lowest BCUT2D eigenvalue weighted by atomic mass is 10.1. The molecule has 0 aromatic rings. The highest BCUT2D eigenvalue weighted by Gasteiger charge is 2.34. The monoisotopic (exact) mass is 236 g/mol. The lowest BCUT2D eigenvalue weighted by Crippen LogP contribution is -2.33. The highest BCUT2D eigenvalue weighted by Crippen LogP contribution is 2.29. The number of nitrogens with zero attached hydrogens (tertiary/aromatic N) is 1. The fraction of sp³-hybridized carbons (Fsp3) is 0.818. The number of alkyl halides is 3. The third-order valence-corrected chi connectivity index (χ3v) is 2.74. The normalized spacial score (nSPS) is 18.6. The Hall–Kier alpha value is -0.550. The van der Waals surface area contributed by atoms with E-state index in [9.17, 15) is 13.2 Å². The van der Waals surface area contributed by atoms with Gasteiger partial charge in [0.25, 0.3) is 0 Å². The van der Waals surface area contributed by atoms with Crippen molar-refractivity contribution in [1.82, 2.24) is 10.2 Å². The van der Waals surface area contributed by atoms with E-state index in [2.05, 4.69) is 10.2 Å². The minimum Gasteiger partial charge on any atom is -0.317 e. The summed E-state index contributed by atoms with van der Waals surface area (Å²) >= 11 is 0. The molecule has 16 heavy (non-hydrogen) atoms. The maximum absolute atomic E-state index is 12.3. The van der Waals surface area contributed by atoms with Gasteiger partial charge in [-0.25, -0.2) is 0 Å². The molecule has 1 heterocycles. The van der Waals surface area contributed by atoms with E-state index in [1.807, 2.05) is 6.92 Å². The zero-order chi connectivity index (χ0) is 12.0. The van der Waals surface area contributed by atoms with Crippen molar-refractivity contribution in [2.24, 2.45) is 0 Å². The molecule has 1 N–H and O–H groups in total. The molecule has 5 heteroatoms. The number of halogens is 3. The van der Waals surface area contributed by atoms with Gasteiger partial charge in [0, 0.05) is 18.7 Å². The van der Waals surface area contributed by atoms with Crippen molar-refractivity contribution >= 4 is 0 Å². The number of hydrogen-bond acceptors (Lipinski definition) is 2. The molecule has 2 nitrogen and oxygen atoms in total. The summed E-state index contributed by atoms with van der Waals surface area (Å²) in [6.07, 6.45) is -1.69. The first-order chi connectivity index (χ1) is 7.54. The van der Waals surface area contributed by atoms with Crippen LogP contribution in [0.15, 0.2) is 11.6 Å². The van der Waals surface area contributed by atoms with Gasteiger partial charge in [0.2, 0.25) is 0 Å². The summed E-state index contributed by atoms with van der Waals surface area (Å²) in [5, 5.41) is 3.20. The molecule has 0 saturated carbocycles. The van der Waals surface area contributed by atoms with E-state index in [0.29, 0.717) is 13.1 Å². The van der Waals surface area contributed by atoms with E-state index in [4.69, 9.17) is 0 Å². The van der Waals surface area contributed by atoms with Gasteiger partial charge < -0.3 is 5.32 Å². The van der Waals surface area contributed by atoms with Crippen LogP contribution in [0.3, 0.4) is 0 Å². The Morgan fingerprint density at radius 3 is 2.69 bits per heavy atom. The molecule has 0 radical (unpaired) electrons. The second-order valence-corrected chi connectivity index (χ2v) is 3.98. The average molecular weight is 236 g/mol. The van der Waals surface area contributed by atoms with Crippen molar-refractivity contribution in [3.8, 4) is 0 Å². The van der Waals surface area contributed by atoms with Crippen LogP contribution in [0.2, 0.25) is 0 Å². The summed E-state index contributed by atoms with van der Waals surface area (Å²) in [5.41, 5.74) is -0.365. The fourth-order valence-corrected chi connectivity index (χ4v) is 1.78. The number of nitrogens with one attached hydrogen (secondary N) is 1. The Labute approximate surface area is 94.5 Å². The number of hydrogen-bond donors (Lipinski definition) is 1. The van der Waals surface area contributed by atoms with Crippen LogP contribution in [0, 0.1) is 0 Å². The topological polar surface area (TPSA) is 15.3 Å². The van der Waals surface area contributed by atoms with Crippen LogP contribution >= 0.6 is 0 Å². The number of rotatable bonds is 5. The van der Waals surface area contributed by atoms with Crippen molar-refractivity contribution in [1.29, 1.82) is 0 Å². The van der Waals surface area contributed by atoms with Gasteiger partial charge in [-0.1, -0.05) is 13.0 Å². The third kappa shape index (κ3) is 4.53. The minimum atomic E-state index is -4.13. The fourth-order valence-electron chi connectivity index (χ4n) is 1.78. The van der Waals surface area contributed by atoms with Crippen LogP contribution in [0.1, 0.15) is 19.8 Å². The smallest absolute Gasteiger partial charge is 0.317 e. The van der Waals surface area contributed by atoms with Gasteiger partial charge in [0.1, 0.15) is 0 Å². The molecule has 0 amide bonds. The van der Waals surface area contributed by atoms with Crippen molar-refractivity contribution in [2.45, 2.75) is 25.9 Å². The maximum atomic E-state index is 12.3. The van der Waals surface area contributed by atoms with E-state index < -0.39 is 6.18 Å². The average Bonchev–Trinajstić information content (AvgIpc) is 2.24. The molecule has 0 bridgehead atoms. The summed E-state index contributed by atoms with van der Waals surface area (Å²) in [7, 11) is 0. The van der Waals surface area contributed by atoms with E-state index in [1.54, 1.807) is 0 Å². The summed E-state index contributed by atoms with van der Waals surface area (Å²) in [5.74, 6) is 0. The molecular formula is C11H19F3N2. The van der Waals surface area contributed by atoms with Crippen LogP contribution in [-0.4, -0.2) is 43.8 Å². The van der Waals surface area contributed by atoms with E-state index >= 15 is 0 Å². The second-order valence-electron chi connectivity index (χ2n) is 3.98. The van der Waals surface area contributed by atoms with Crippen LogP contribution < -0.4 is 5.32 Å². The van der Waals surface area contributed by atoms with Gasteiger partial charge in [-0.2, -0.15) is 13.2 Å². The van der Waals surface area contributed by atoms with Crippen LogP contribution in [0.25, 0.3) is 0 Å². The first kappa shape index (κ1) is 13.5. The van der Waals surface area contributed by atoms with E-state index in [0.717, 1.165) is 26.1 Å². The van der Waals surface area contributed by atoms with Gasteiger partial charge in [-0.15, -0.1) is 0 Å².